The average Bonchev–Trinajstić information content (AvgIpc) is 2.69. The van der Waals surface area contributed by atoms with Crippen molar-refractivity contribution in [2.75, 3.05) is 19.6 Å². The molecule has 0 bridgehead atoms. The van der Waals surface area contributed by atoms with Crippen molar-refractivity contribution >= 4 is 0 Å². The monoisotopic (exact) mass is 397 g/mol. The molecule has 1 saturated carbocycles. The lowest BCUT2D eigenvalue weighted by molar-refractivity contribution is 0.267. The van der Waals surface area contributed by atoms with E-state index in [1.165, 1.54) is 148 Å². The third-order valence-corrected chi connectivity index (χ3v) is 6.64. The first kappa shape index (κ1) is 27.9. The van der Waals surface area contributed by atoms with Gasteiger partial charge in [-0.1, -0.05) is 123 Å². The van der Waals surface area contributed by atoms with E-state index in [4.69, 9.17) is 0 Å². The topological polar surface area (TPSA) is 34.7 Å². The van der Waals surface area contributed by atoms with E-state index in [9.17, 15) is 0 Å². The van der Waals surface area contributed by atoms with Gasteiger partial charge in [-0.2, -0.15) is 0 Å². The van der Waals surface area contributed by atoms with E-state index in [0.29, 0.717) is 0 Å². The van der Waals surface area contributed by atoms with Crippen LogP contribution in [0.4, 0.5) is 0 Å². The van der Waals surface area contributed by atoms with Gasteiger partial charge in [-0.15, -0.1) is 0 Å². The largest absolute Gasteiger partial charge is 0.412 e. The van der Waals surface area contributed by atoms with Crippen LogP contribution in [-0.2, 0) is 0 Å². The number of hydrogen-bond acceptors (Lipinski definition) is 1. The maximum atomic E-state index is 2.66. The first-order valence-electron chi connectivity index (χ1n) is 13.1. The normalized spacial score (nSPS) is 15.1. The molecule has 0 aromatic heterocycles. The Bertz CT molecular complexity index is 282. The molecule has 2 heteroatoms. The molecule has 0 aromatic rings. The van der Waals surface area contributed by atoms with Crippen LogP contribution in [0.15, 0.2) is 0 Å². The van der Waals surface area contributed by atoms with Gasteiger partial charge in [-0.05, 0) is 44.8 Å². The molecule has 2 nitrogen and oxygen atoms in total. The maximum Gasteiger partial charge on any atom is -0.00187 e. The van der Waals surface area contributed by atoms with E-state index >= 15 is 0 Å². The third kappa shape index (κ3) is 16.8. The molecule has 0 amide bonds. The second-order valence-electron chi connectivity index (χ2n) is 9.38. The molecule has 170 valence electrons. The summed E-state index contributed by atoms with van der Waals surface area (Å²) in [7, 11) is 0. The quantitative estimate of drug-likeness (QED) is 0.204. The Morgan fingerprint density at radius 3 is 1.43 bits per heavy atom. The van der Waals surface area contributed by atoms with Crippen molar-refractivity contribution in [2.24, 2.45) is 5.92 Å². The summed E-state index contributed by atoms with van der Waals surface area (Å²) in [5.41, 5.74) is 0. The van der Waals surface area contributed by atoms with E-state index in [-0.39, 0.29) is 5.48 Å². The lowest BCUT2D eigenvalue weighted by Gasteiger charge is -2.21. The van der Waals surface area contributed by atoms with Gasteiger partial charge >= 0.3 is 0 Å². The Balaban J connectivity index is 0.00000729. The predicted octanol–water partition coefficient (Wildman–Crippen LogP) is 7.94. The van der Waals surface area contributed by atoms with Gasteiger partial charge in [0.2, 0.25) is 0 Å². The molecule has 0 aromatic carbocycles. The zero-order valence-corrected chi connectivity index (χ0v) is 19.8. The molecule has 1 fully saturated rings. The average molecular weight is 398 g/mol. The highest BCUT2D eigenvalue weighted by Gasteiger charge is 2.12. The molecule has 2 N–H and O–H groups in total. The summed E-state index contributed by atoms with van der Waals surface area (Å²) in [6.45, 7) is 8.55. The van der Waals surface area contributed by atoms with E-state index in [2.05, 4.69) is 18.7 Å². The van der Waals surface area contributed by atoms with Crippen molar-refractivity contribution in [2.45, 2.75) is 142 Å². The minimum atomic E-state index is 0. The highest BCUT2D eigenvalue weighted by atomic mass is 16.0. The van der Waals surface area contributed by atoms with Crippen LogP contribution in [0.1, 0.15) is 142 Å². The predicted molar refractivity (Wildman–Crippen MR) is 127 cm³/mol. The zero-order chi connectivity index (χ0) is 19.4. The molecule has 1 rings (SSSR count). The molecule has 0 aliphatic heterocycles. The van der Waals surface area contributed by atoms with Crippen LogP contribution >= 0.6 is 0 Å². The van der Waals surface area contributed by atoms with Crippen molar-refractivity contribution in [1.29, 1.82) is 0 Å². The van der Waals surface area contributed by atoms with Crippen LogP contribution < -0.4 is 0 Å². The summed E-state index contributed by atoms with van der Waals surface area (Å²) in [6, 6.07) is 0. The zero-order valence-electron chi connectivity index (χ0n) is 19.8. The molecule has 0 atom stereocenters. The first-order chi connectivity index (χ1) is 13.4. The second kappa shape index (κ2) is 21.6. The fourth-order valence-electron chi connectivity index (χ4n) is 4.98. The minimum Gasteiger partial charge on any atom is -0.412 e. The minimum absolute atomic E-state index is 0. The highest BCUT2D eigenvalue weighted by molar-refractivity contribution is 4.65. The molecule has 1 aliphatic rings. The summed E-state index contributed by atoms with van der Waals surface area (Å²) >= 11 is 0. The van der Waals surface area contributed by atoms with Gasteiger partial charge in [-0.25, -0.2) is 0 Å². The number of hydrogen-bond donors (Lipinski definition) is 0. The summed E-state index contributed by atoms with van der Waals surface area (Å²) in [6.07, 6.45) is 29.5. The Hall–Kier alpha value is -0.0800. The van der Waals surface area contributed by atoms with E-state index in [1.54, 1.807) is 0 Å². The van der Waals surface area contributed by atoms with Crippen molar-refractivity contribution in [3.63, 3.8) is 0 Å². The van der Waals surface area contributed by atoms with Gasteiger partial charge in [0.25, 0.3) is 0 Å². The SMILES string of the molecule is CCCN(CCC)CCCCCCCCCCCCCCC1CCCCC1.O. The van der Waals surface area contributed by atoms with Gasteiger partial charge < -0.3 is 10.4 Å². The van der Waals surface area contributed by atoms with Crippen molar-refractivity contribution in [1.82, 2.24) is 4.90 Å². The standard InChI is InChI=1S/C26H53N.H2O/c1-3-23-27(24-4-2)25-19-14-12-10-8-6-5-7-9-11-13-16-20-26-21-17-15-18-22-26;/h26H,3-25H2,1-2H3;1H2. The smallest absolute Gasteiger partial charge is 0.00187 e. The van der Waals surface area contributed by atoms with Crippen LogP contribution in [0.3, 0.4) is 0 Å². The Labute approximate surface area is 178 Å². The van der Waals surface area contributed by atoms with E-state index in [1.807, 2.05) is 0 Å². The van der Waals surface area contributed by atoms with Crippen molar-refractivity contribution in [3.8, 4) is 0 Å². The fraction of sp³-hybridized carbons (Fsp3) is 1.00. The van der Waals surface area contributed by atoms with Crippen molar-refractivity contribution < 1.29 is 5.48 Å². The summed E-state index contributed by atoms with van der Waals surface area (Å²) in [5, 5.41) is 0. The molecule has 0 radical (unpaired) electrons. The van der Waals surface area contributed by atoms with Gasteiger partial charge in [0.15, 0.2) is 0 Å². The number of unbranched alkanes of at least 4 members (excludes halogenated alkanes) is 11. The Morgan fingerprint density at radius 2 is 0.964 bits per heavy atom. The number of rotatable bonds is 19. The van der Waals surface area contributed by atoms with Gasteiger partial charge in [0.1, 0.15) is 0 Å². The summed E-state index contributed by atoms with van der Waals surface area (Å²) in [5.74, 6) is 1.10. The van der Waals surface area contributed by atoms with Crippen LogP contribution in [0, 0.1) is 5.92 Å². The lowest BCUT2D eigenvalue weighted by Crippen LogP contribution is -2.26. The molecule has 0 unspecified atom stereocenters. The van der Waals surface area contributed by atoms with Gasteiger partial charge in [-0.3, -0.25) is 0 Å². The van der Waals surface area contributed by atoms with E-state index in [0.717, 1.165) is 5.92 Å². The maximum absolute atomic E-state index is 2.66. The third-order valence-electron chi connectivity index (χ3n) is 6.64. The lowest BCUT2D eigenvalue weighted by atomic mass is 9.85. The summed E-state index contributed by atoms with van der Waals surface area (Å²) < 4.78 is 0. The van der Waals surface area contributed by atoms with Crippen LogP contribution in [0.5, 0.6) is 0 Å². The molecule has 28 heavy (non-hydrogen) atoms. The number of nitrogens with zero attached hydrogens (tertiary/aromatic N) is 1. The molecule has 0 spiro atoms. The molecule has 0 heterocycles. The molecular formula is C26H55NO. The Morgan fingerprint density at radius 1 is 0.536 bits per heavy atom. The van der Waals surface area contributed by atoms with Crippen LogP contribution in [0.2, 0.25) is 0 Å². The van der Waals surface area contributed by atoms with Gasteiger partial charge in [0.05, 0.1) is 0 Å². The summed E-state index contributed by atoms with van der Waals surface area (Å²) in [4.78, 5) is 2.66. The van der Waals surface area contributed by atoms with Gasteiger partial charge in [0, 0.05) is 0 Å². The van der Waals surface area contributed by atoms with Crippen LogP contribution in [-0.4, -0.2) is 30.0 Å². The van der Waals surface area contributed by atoms with Crippen molar-refractivity contribution in [3.05, 3.63) is 0 Å². The second-order valence-corrected chi connectivity index (χ2v) is 9.38. The van der Waals surface area contributed by atoms with E-state index < -0.39 is 0 Å². The van der Waals surface area contributed by atoms with Crippen LogP contribution in [0.25, 0.3) is 0 Å². The molecular weight excluding hydrogens is 342 g/mol. The Kier molecular flexibility index (Phi) is 21.6. The highest BCUT2D eigenvalue weighted by Crippen LogP contribution is 2.28. The first-order valence-corrected chi connectivity index (χ1v) is 13.1. The molecule has 0 saturated heterocycles. The fourth-order valence-corrected chi connectivity index (χ4v) is 4.98. The molecule has 1 aliphatic carbocycles.